The number of aliphatic hydroxyl groups excluding tert-OH is 1. The van der Waals surface area contributed by atoms with Gasteiger partial charge in [0.25, 0.3) is 5.91 Å². The van der Waals surface area contributed by atoms with Gasteiger partial charge in [0.2, 0.25) is 0 Å². The highest BCUT2D eigenvalue weighted by Crippen LogP contribution is 2.20. The van der Waals surface area contributed by atoms with Crippen LogP contribution in [0.25, 0.3) is 0 Å². The maximum atomic E-state index is 13.1. The van der Waals surface area contributed by atoms with Gasteiger partial charge in [-0.25, -0.2) is 4.39 Å². The Balaban J connectivity index is 2.22. The van der Waals surface area contributed by atoms with Crippen molar-refractivity contribution in [3.8, 4) is 0 Å². The molecule has 1 heterocycles. The number of aliphatic hydroxyl groups is 1. The first-order valence-electron chi connectivity index (χ1n) is 6.01. The molecule has 2 atom stereocenters. The van der Waals surface area contributed by atoms with Crippen LogP contribution in [0.15, 0.2) is 18.2 Å². The summed E-state index contributed by atoms with van der Waals surface area (Å²) in [4.78, 5) is 14.1. The van der Waals surface area contributed by atoms with Crippen molar-refractivity contribution >= 4 is 28.5 Å². The number of carbonyl (C=O) groups is 1. The van der Waals surface area contributed by atoms with E-state index in [0.29, 0.717) is 22.3 Å². The molecule has 0 aliphatic carbocycles. The summed E-state index contributed by atoms with van der Waals surface area (Å²) in [6.07, 6.45) is -0.349. The number of carbonyl (C=O) groups excluding carboxylic acids is 1. The van der Waals surface area contributed by atoms with Gasteiger partial charge in [-0.1, -0.05) is 0 Å². The van der Waals surface area contributed by atoms with Crippen molar-refractivity contribution in [2.45, 2.75) is 19.1 Å². The molecule has 1 aliphatic rings. The molecule has 19 heavy (non-hydrogen) atoms. The predicted octanol–water partition coefficient (Wildman–Crippen LogP) is 1.65. The Morgan fingerprint density at radius 1 is 1.63 bits per heavy atom. The van der Waals surface area contributed by atoms with E-state index in [0.717, 1.165) is 0 Å². The number of rotatable bonds is 2. The number of morpholine rings is 1. The number of hydrogen-bond acceptors (Lipinski definition) is 3. The second-order valence-electron chi connectivity index (χ2n) is 4.57. The van der Waals surface area contributed by atoms with E-state index in [9.17, 15) is 9.18 Å². The fourth-order valence-corrected chi connectivity index (χ4v) is 2.74. The molecule has 2 unspecified atom stereocenters. The van der Waals surface area contributed by atoms with Crippen LogP contribution in [0.2, 0.25) is 0 Å². The Bertz CT molecular complexity index is 483. The molecule has 1 aromatic rings. The summed E-state index contributed by atoms with van der Waals surface area (Å²) in [5.41, 5.74) is 0.479. The minimum Gasteiger partial charge on any atom is -0.394 e. The Hall–Kier alpha value is -0.730. The van der Waals surface area contributed by atoms with E-state index in [-0.39, 0.29) is 30.5 Å². The molecule has 1 N–H and O–H groups in total. The Labute approximate surface area is 124 Å². The third-order valence-corrected chi connectivity index (χ3v) is 4.02. The molecule has 1 fully saturated rings. The second kappa shape index (κ2) is 6.15. The molecule has 1 saturated heterocycles. The topological polar surface area (TPSA) is 49.8 Å². The molecule has 1 amide bonds. The molecule has 104 valence electrons. The van der Waals surface area contributed by atoms with Gasteiger partial charge in [-0.05, 0) is 47.7 Å². The molecule has 2 rings (SSSR count). The third-order valence-electron chi connectivity index (χ3n) is 3.13. The summed E-state index contributed by atoms with van der Waals surface area (Å²) in [7, 11) is 0. The fraction of sp³-hybridized carbons (Fsp3) is 0.462. The minimum absolute atomic E-state index is 0.0591. The minimum atomic E-state index is -0.357. The first-order chi connectivity index (χ1) is 9.02. The van der Waals surface area contributed by atoms with Crippen LogP contribution >= 0.6 is 22.6 Å². The maximum Gasteiger partial charge on any atom is 0.255 e. The van der Waals surface area contributed by atoms with Crippen LogP contribution in [0.4, 0.5) is 4.39 Å². The first-order valence-corrected chi connectivity index (χ1v) is 7.09. The quantitative estimate of drug-likeness (QED) is 0.796. The number of hydrogen-bond donors (Lipinski definition) is 1. The molecular weight excluding hydrogens is 364 g/mol. The van der Waals surface area contributed by atoms with Gasteiger partial charge in [-0.3, -0.25) is 4.79 Å². The standard InChI is InChI=1S/C13H15FINO3/c1-8-7-19-10(6-17)5-16(8)13(18)11-3-2-9(14)4-12(11)15/h2-4,8,10,17H,5-7H2,1H3. The predicted molar refractivity (Wildman–Crippen MR) is 76.4 cm³/mol. The molecule has 0 aromatic heterocycles. The molecule has 1 aliphatic heterocycles. The van der Waals surface area contributed by atoms with Gasteiger partial charge in [0.1, 0.15) is 5.82 Å². The van der Waals surface area contributed by atoms with Crippen LogP contribution in [0.5, 0.6) is 0 Å². The van der Waals surface area contributed by atoms with Gasteiger partial charge in [-0.15, -0.1) is 0 Å². The van der Waals surface area contributed by atoms with Crippen LogP contribution in [0, 0.1) is 9.39 Å². The van der Waals surface area contributed by atoms with E-state index in [1.54, 1.807) is 4.90 Å². The molecule has 0 radical (unpaired) electrons. The summed E-state index contributed by atoms with van der Waals surface area (Å²) >= 11 is 1.95. The van der Waals surface area contributed by atoms with Gasteiger partial charge in [0.05, 0.1) is 30.9 Å². The smallest absolute Gasteiger partial charge is 0.255 e. The van der Waals surface area contributed by atoms with E-state index < -0.39 is 0 Å². The molecule has 1 aromatic carbocycles. The number of ether oxygens (including phenoxy) is 1. The lowest BCUT2D eigenvalue weighted by Crippen LogP contribution is -2.52. The van der Waals surface area contributed by atoms with Gasteiger partial charge in [-0.2, -0.15) is 0 Å². The number of nitrogens with zero attached hydrogens (tertiary/aromatic N) is 1. The van der Waals surface area contributed by atoms with Crippen LogP contribution in [0.1, 0.15) is 17.3 Å². The van der Waals surface area contributed by atoms with Crippen molar-refractivity contribution in [2.75, 3.05) is 19.8 Å². The SMILES string of the molecule is CC1COC(CO)CN1C(=O)c1ccc(F)cc1I. The van der Waals surface area contributed by atoms with Crippen molar-refractivity contribution in [3.05, 3.63) is 33.1 Å². The number of halogens is 2. The number of benzene rings is 1. The lowest BCUT2D eigenvalue weighted by atomic mass is 10.1. The monoisotopic (exact) mass is 379 g/mol. The average Bonchev–Trinajstić information content (AvgIpc) is 2.38. The highest BCUT2D eigenvalue weighted by molar-refractivity contribution is 14.1. The number of amides is 1. The molecule has 6 heteroatoms. The molecule has 0 spiro atoms. The summed E-state index contributed by atoms with van der Waals surface area (Å²) in [6, 6.07) is 4.05. The van der Waals surface area contributed by atoms with E-state index in [2.05, 4.69) is 0 Å². The molecule has 4 nitrogen and oxygen atoms in total. The Kier molecular flexibility index (Phi) is 4.75. The van der Waals surface area contributed by atoms with E-state index >= 15 is 0 Å². The highest BCUT2D eigenvalue weighted by Gasteiger charge is 2.30. The second-order valence-corrected chi connectivity index (χ2v) is 5.73. The largest absolute Gasteiger partial charge is 0.394 e. The Morgan fingerprint density at radius 2 is 2.37 bits per heavy atom. The lowest BCUT2D eigenvalue weighted by molar-refractivity contribution is -0.0667. The first kappa shape index (κ1) is 14.7. The van der Waals surface area contributed by atoms with E-state index in [1.807, 2.05) is 29.5 Å². The normalized spacial score (nSPS) is 23.5. The van der Waals surface area contributed by atoms with Crippen molar-refractivity contribution in [3.63, 3.8) is 0 Å². The molecule has 0 bridgehead atoms. The van der Waals surface area contributed by atoms with Crippen molar-refractivity contribution < 1.29 is 19.0 Å². The van der Waals surface area contributed by atoms with Gasteiger partial charge in [0, 0.05) is 10.1 Å². The zero-order valence-electron chi connectivity index (χ0n) is 10.5. The Morgan fingerprint density at radius 3 is 3.00 bits per heavy atom. The summed E-state index contributed by atoms with van der Waals surface area (Å²) in [6.45, 7) is 2.53. The fourth-order valence-electron chi connectivity index (χ4n) is 2.03. The average molecular weight is 379 g/mol. The van der Waals surface area contributed by atoms with Crippen LogP contribution in [-0.4, -0.2) is 47.8 Å². The van der Waals surface area contributed by atoms with E-state index in [1.165, 1.54) is 18.2 Å². The van der Waals surface area contributed by atoms with Crippen LogP contribution in [-0.2, 0) is 4.74 Å². The van der Waals surface area contributed by atoms with Crippen molar-refractivity contribution in [1.29, 1.82) is 0 Å². The summed E-state index contributed by atoms with van der Waals surface area (Å²) < 4.78 is 19.0. The third kappa shape index (κ3) is 3.24. The van der Waals surface area contributed by atoms with Gasteiger partial charge < -0.3 is 14.7 Å². The van der Waals surface area contributed by atoms with Gasteiger partial charge in [0.15, 0.2) is 0 Å². The zero-order chi connectivity index (χ0) is 14.0. The lowest BCUT2D eigenvalue weighted by Gasteiger charge is -2.37. The van der Waals surface area contributed by atoms with Gasteiger partial charge >= 0.3 is 0 Å². The molecular formula is C13H15FINO3. The summed E-state index contributed by atoms with van der Waals surface area (Å²) in [5.74, 6) is -0.511. The van der Waals surface area contributed by atoms with Crippen LogP contribution < -0.4 is 0 Å². The van der Waals surface area contributed by atoms with Crippen molar-refractivity contribution in [2.24, 2.45) is 0 Å². The molecule has 0 saturated carbocycles. The highest BCUT2D eigenvalue weighted by atomic mass is 127. The summed E-state index contributed by atoms with van der Waals surface area (Å²) in [5, 5.41) is 9.12. The van der Waals surface area contributed by atoms with E-state index in [4.69, 9.17) is 9.84 Å². The van der Waals surface area contributed by atoms with Crippen molar-refractivity contribution in [1.82, 2.24) is 4.90 Å². The maximum absolute atomic E-state index is 13.1. The zero-order valence-corrected chi connectivity index (χ0v) is 12.6. The van der Waals surface area contributed by atoms with Crippen LogP contribution in [0.3, 0.4) is 0 Å².